The van der Waals surface area contributed by atoms with Crippen LogP contribution in [0.2, 0.25) is 0 Å². The van der Waals surface area contributed by atoms with Crippen LogP contribution in [0.1, 0.15) is 17.3 Å². The molecule has 5 nitrogen and oxygen atoms in total. The molecule has 0 atom stereocenters. The molecule has 0 saturated carbocycles. The second-order valence-electron chi connectivity index (χ2n) is 4.33. The van der Waals surface area contributed by atoms with Crippen molar-refractivity contribution in [3.05, 3.63) is 23.8 Å². The van der Waals surface area contributed by atoms with Gasteiger partial charge in [0.2, 0.25) is 0 Å². The average molecular weight is 246 g/mol. The van der Waals surface area contributed by atoms with Crippen LogP contribution in [0, 0.1) is 0 Å². The van der Waals surface area contributed by atoms with E-state index in [2.05, 4.69) is 9.88 Å². The fourth-order valence-electron chi connectivity index (χ4n) is 2.02. The zero-order valence-electron chi connectivity index (χ0n) is 10.2. The van der Waals surface area contributed by atoms with Crippen molar-refractivity contribution in [2.24, 2.45) is 0 Å². The van der Waals surface area contributed by atoms with Crippen LogP contribution in [-0.2, 0) is 4.74 Å². The van der Waals surface area contributed by atoms with Crippen LogP contribution in [0.5, 0.6) is 0 Å². The van der Waals surface area contributed by atoms with Gasteiger partial charge in [0, 0.05) is 18.7 Å². The van der Waals surface area contributed by atoms with E-state index in [1.165, 1.54) is 0 Å². The number of rotatable bonds is 2. The van der Waals surface area contributed by atoms with Crippen LogP contribution in [0.25, 0.3) is 11.1 Å². The highest BCUT2D eigenvalue weighted by atomic mass is 16.5. The van der Waals surface area contributed by atoms with Gasteiger partial charge in [-0.2, -0.15) is 4.98 Å². The third-order valence-electron chi connectivity index (χ3n) is 3.06. The summed E-state index contributed by atoms with van der Waals surface area (Å²) in [5.74, 6) is 0.0350. The maximum atomic E-state index is 11.3. The van der Waals surface area contributed by atoms with E-state index >= 15 is 0 Å². The second-order valence-corrected chi connectivity index (χ2v) is 4.33. The fraction of sp³-hybridized carbons (Fsp3) is 0.385. The molecule has 0 N–H and O–H groups in total. The molecule has 0 unspecified atom stereocenters. The minimum atomic E-state index is 0.0350. The molecule has 2 aromatic rings. The molecular weight excluding hydrogens is 232 g/mol. The lowest BCUT2D eigenvalue weighted by molar-refractivity contribution is 0.101. The summed E-state index contributed by atoms with van der Waals surface area (Å²) < 4.78 is 11.0. The summed E-state index contributed by atoms with van der Waals surface area (Å²) in [6, 6.07) is 5.93. The number of hydrogen-bond donors (Lipinski definition) is 0. The second kappa shape index (κ2) is 4.42. The van der Waals surface area contributed by atoms with Crippen molar-refractivity contribution in [1.82, 2.24) is 4.98 Å². The molecule has 1 aliphatic rings. The molecule has 1 aromatic carbocycles. The lowest BCUT2D eigenvalue weighted by atomic mass is 10.1. The van der Waals surface area contributed by atoms with Crippen molar-refractivity contribution >= 4 is 22.9 Å². The summed E-state index contributed by atoms with van der Waals surface area (Å²) in [7, 11) is 0. The predicted octanol–water partition coefficient (Wildman–Crippen LogP) is 1.87. The first kappa shape index (κ1) is 11.2. The van der Waals surface area contributed by atoms with Gasteiger partial charge in [-0.25, -0.2) is 0 Å². The molecule has 1 fully saturated rings. The first-order valence-corrected chi connectivity index (χ1v) is 5.98. The quantitative estimate of drug-likeness (QED) is 0.757. The monoisotopic (exact) mass is 246 g/mol. The Morgan fingerprint density at radius 3 is 2.83 bits per heavy atom. The number of hydrogen-bond acceptors (Lipinski definition) is 5. The normalized spacial score (nSPS) is 16.2. The molecule has 94 valence electrons. The van der Waals surface area contributed by atoms with Crippen molar-refractivity contribution in [3.63, 3.8) is 0 Å². The Hall–Kier alpha value is -1.88. The van der Waals surface area contributed by atoms with E-state index in [1.54, 1.807) is 25.1 Å². The Kier molecular flexibility index (Phi) is 2.76. The molecule has 0 amide bonds. The minimum absolute atomic E-state index is 0.0350. The number of anilines is 1. The standard InChI is InChI=1S/C13H14N2O3/c1-9(16)10-2-3-12-11(8-10)14-13(18-12)15-4-6-17-7-5-15/h2-3,8H,4-7H2,1H3. The number of nitrogens with zero attached hydrogens (tertiary/aromatic N) is 2. The number of ether oxygens (including phenoxy) is 1. The van der Waals surface area contributed by atoms with Crippen molar-refractivity contribution in [3.8, 4) is 0 Å². The number of carbonyl (C=O) groups excluding carboxylic acids is 1. The van der Waals surface area contributed by atoms with Gasteiger partial charge >= 0.3 is 0 Å². The number of ketones is 1. The molecule has 0 radical (unpaired) electrons. The summed E-state index contributed by atoms with van der Waals surface area (Å²) in [4.78, 5) is 17.8. The van der Waals surface area contributed by atoms with E-state index < -0.39 is 0 Å². The summed E-state index contributed by atoms with van der Waals surface area (Å²) in [5, 5.41) is 0. The summed E-state index contributed by atoms with van der Waals surface area (Å²) >= 11 is 0. The Morgan fingerprint density at radius 2 is 2.11 bits per heavy atom. The molecule has 0 spiro atoms. The van der Waals surface area contributed by atoms with E-state index in [0.717, 1.165) is 18.6 Å². The SMILES string of the molecule is CC(=O)c1ccc2oc(N3CCOCC3)nc2c1. The smallest absolute Gasteiger partial charge is 0.298 e. The highest BCUT2D eigenvalue weighted by Gasteiger charge is 2.17. The minimum Gasteiger partial charge on any atom is -0.423 e. The number of carbonyl (C=O) groups is 1. The Labute approximate surface area is 104 Å². The highest BCUT2D eigenvalue weighted by Crippen LogP contribution is 2.23. The van der Waals surface area contributed by atoms with Crippen LogP contribution in [-0.4, -0.2) is 37.1 Å². The number of oxazole rings is 1. The lowest BCUT2D eigenvalue weighted by Crippen LogP contribution is -2.36. The Balaban J connectivity index is 1.97. The van der Waals surface area contributed by atoms with Gasteiger partial charge in [-0.3, -0.25) is 4.79 Å². The van der Waals surface area contributed by atoms with Gasteiger partial charge in [0.25, 0.3) is 6.01 Å². The number of fused-ring (bicyclic) bond motifs is 1. The van der Waals surface area contributed by atoms with Crippen LogP contribution in [0.15, 0.2) is 22.6 Å². The summed E-state index contributed by atoms with van der Waals surface area (Å²) in [6.07, 6.45) is 0. The molecule has 18 heavy (non-hydrogen) atoms. The molecule has 0 bridgehead atoms. The van der Waals surface area contributed by atoms with Gasteiger partial charge in [0.05, 0.1) is 13.2 Å². The molecule has 0 aliphatic carbocycles. The van der Waals surface area contributed by atoms with Crippen LogP contribution in [0.3, 0.4) is 0 Å². The highest BCUT2D eigenvalue weighted by molar-refractivity contribution is 5.97. The Bertz CT molecular complexity index is 585. The van der Waals surface area contributed by atoms with Gasteiger partial charge in [-0.05, 0) is 25.1 Å². The zero-order valence-corrected chi connectivity index (χ0v) is 10.2. The summed E-state index contributed by atoms with van der Waals surface area (Å²) in [6.45, 7) is 4.50. The number of aromatic nitrogens is 1. The maximum absolute atomic E-state index is 11.3. The molecule has 1 saturated heterocycles. The molecule has 1 aromatic heterocycles. The summed E-state index contributed by atoms with van der Waals surface area (Å²) in [5.41, 5.74) is 2.09. The van der Waals surface area contributed by atoms with Crippen molar-refractivity contribution in [1.29, 1.82) is 0 Å². The van der Waals surface area contributed by atoms with Crippen LogP contribution < -0.4 is 4.90 Å². The van der Waals surface area contributed by atoms with Gasteiger partial charge in [-0.1, -0.05) is 0 Å². The predicted molar refractivity (Wildman–Crippen MR) is 67.0 cm³/mol. The third kappa shape index (κ3) is 1.97. The van der Waals surface area contributed by atoms with Crippen LogP contribution >= 0.6 is 0 Å². The number of benzene rings is 1. The van der Waals surface area contributed by atoms with Crippen molar-refractivity contribution in [2.75, 3.05) is 31.2 Å². The van der Waals surface area contributed by atoms with Gasteiger partial charge in [-0.15, -0.1) is 0 Å². The van der Waals surface area contributed by atoms with Crippen molar-refractivity contribution in [2.45, 2.75) is 6.92 Å². The van der Waals surface area contributed by atoms with Gasteiger partial charge in [0.15, 0.2) is 11.4 Å². The molecule has 2 heterocycles. The molecule has 1 aliphatic heterocycles. The van der Waals surface area contributed by atoms with E-state index in [-0.39, 0.29) is 5.78 Å². The average Bonchev–Trinajstić information content (AvgIpc) is 2.82. The zero-order chi connectivity index (χ0) is 12.5. The van der Waals surface area contributed by atoms with E-state index in [1.807, 2.05) is 0 Å². The number of Topliss-reactive ketones (excluding diaryl/α,β-unsaturated/α-hetero) is 1. The van der Waals surface area contributed by atoms with Crippen LogP contribution in [0.4, 0.5) is 6.01 Å². The van der Waals surface area contributed by atoms with Gasteiger partial charge < -0.3 is 14.1 Å². The first-order chi connectivity index (χ1) is 8.74. The largest absolute Gasteiger partial charge is 0.423 e. The molecule has 3 rings (SSSR count). The third-order valence-corrected chi connectivity index (χ3v) is 3.06. The maximum Gasteiger partial charge on any atom is 0.298 e. The molecule has 5 heteroatoms. The van der Waals surface area contributed by atoms with E-state index in [0.29, 0.717) is 30.4 Å². The number of morpholine rings is 1. The van der Waals surface area contributed by atoms with Crippen molar-refractivity contribution < 1.29 is 13.9 Å². The first-order valence-electron chi connectivity index (χ1n) is 5.98. The van der Waals surface area contributed by atoms with E-state index in [4.69, 9.17) is 9.15 Å². The van der Waals surface area contributed by atoms with E-state index in [9.17, 15) is 4.79 Å². The molecular formula is C13H14N2O3. The fourth-order valence-corrected chi connectivity index (χ4v) is 2.02. The topological polar surface area (TPSA) is 55.6 Å². The Morgan fingerprint density at radius 1 is 1.33 bits per heavy atom. The lowest BCUT2D eigenvalue weighted by Gasteiger charge is -2.24. The van der Waals surface area contributed by atoms with Gasteiger partial charge in [0.1, 0.15) is 5.52 Å².